The van der Waals surface area contributed by atoms with E-state index in [0.29, 0.717) is 0 Å². The van der Waals surface area contributed by atoms with Crippen LogP contribution in [0.4, 0.5) is 15.9 Å². The Morgan fingerprint density at radius 1 is 0.969 bits per heavy atom. The van der Waals surface area contributed by atoms with Crippen LogP contribution in [-0.2, 0) is 0 Å². The molecule has 0 saturated carbocycles. The molecule has 1 aliphatic rings. The summed E-state index contributed by atoms with van der Waals surface area (Å²) in [7, 11) is 1.70. The van der Waals surface area contributed by atoms with E-state index >= 15 is 0 Å². The summed E-state index contributed by atoms with van der Waals surface area (Å²) in [5, 5.41) is 1.22. The molecule has 0 unspecified atom stereocenters. The molecule has 8 heteroatoms. The van der Waals surface area contributed by atoms with Gasteiger partial charge in [-0.05, 0) is 48.4 Å². The number of aromatic nitrogens is 2. The lowest BCUT2D eigenvalue weighted by Crippen LogP contribution is -2.47. The molecule has 0 radical (unpaired) electrons. The number of benzene rings is 2. The highest BCUT2D eigenvalue weighted by atomic mass is 35.5. The van der Waals surface area contributed by atoms with Crippen LogP contribution in [0.1, 0.15) is 4.88 Å². The first kappa shape index (κ1) is 21.0. The Morgan fingerprint density at radius 3 is 2.38 bits per heavy atom. The molecule has 5 nitrogen and oxygen atoms in total. The van der Waals surface area contributed by atoms with Crippen molar-refractivity contribution in [1.82, 2.24) is 9.97 Å². The molecule has 4 aromatic rings. The number of piperazine rings is 1. The minimum absolute atomic E-state index is 0.242. The molecule has 2 aromatic carbocycles. The predicted molar refractivity (Wildman–Crippen MR) is 130 cm³/mol. The average molecular weight is 469 g/mol. The van der Waals surface area contributed by atoms with E-state index in [1.54, 1.807) is 18.4 Å². The first-order chi connectivity index (χ1) is 15.5. The van der Waals surface area contributed by atoms with Gasteiger partial charge in [0.15, 0.2) is 0 Å². The number of para-hydroxylation sites is 2. The first-order valence-corrected chi connectivity index (χ1v) is 11.6. The molecule has 0 spiro atoms. The summed E-state index contributed by atoms with van der Waals surface area (Å²) >= 11 is 7.91. The summed E-state index contributed by atoms with van der Waals surface area (Å²) in [6.45, 7) is 5.30. The number of anilines is 2. The van der Waals surface area contributed by atoms with Gasteiger partial charge in [-0.25, -0.2) is 9.37 Å². The smallest absolute Gasteiger partial charge is 0.225 e. The molecule has 1 saturated heterocycles. The van der Waals surface area contributed by atoms with Gasteiger partial charge in [-0.15, -0.1) is 11.3 Å². The van der Waals surface area contributed by atoms with Crippen LogP contribution < -0.4 is 14.5 Å². The third kappa shape index (κ3) is 3.76. The summed E-state index contributed by atoms with van der Waals surface area (Å²) in [5.74, 6) is 1.46. The van der Waals surface area contributed by atoms with Crippen LogP contribution in [0.5, 0.6) is 5.75 Å². The first-order valence-electron chi connectivity index (χ1n) is 10.4. The summed E-state index contributed by atoms with van der Waals surface area (Å²) < 4.78 is 19.1. The number of hydrogen-bond acceptors (Lipinski definition) is 6. The van der Waals surface area contributed by atoms with Gasteiger partial charge in [-0.1, -0.05) is 24.3 Å². The molecule has 0 bridgehead atoms. The van der Waals surface area contributed by atoms with Crippen LogP contribution in [0.15, 0.2) is 48.5 Å². The second-order valence-corrected chi connectivity index (χ2v) is 9.22. The minimum atomic E-state index is -0.252. The molecule has 164 valence electrons. The fraction of sp³-hybridized carbons (Fsp3) is 0.250. The van der Waals surface area contributed by atoms with Gasteiger partial charge >= 0.3 is 0 Å². The Bertz CT molecular complexity index is 1270. The lowest BCUT2D eigenvalue weighted by molar-refractivity contribution is 0.413. The highest BCUT2D eigenvalue weighted by molar-refractivity contribution is 7.19. The zero-order valence-corrected chi connectivity index (χ0v) is 19.4. The summed E-state index contributed by atoms with van der Waals surface area (Å²) in [5.41, 5.74) is 3.10. The zero-order chi connectivity index (χ0) is 22.2. The second kappa shape index (κ2) is 8.56. The van der Waals surface area contributed by atoms with Crippen LogP contribution in [0.25, 0.3) is 21.3 Å². The molecule has 0 amide bonds. The molecular formula is C24H22ClFN4OS. The number of halogens is 2. The van der Waals surface area contributed by atoms with E-state index in [-0.39, 0.29) is 11.1 Å². The number of hydrogen-bond donors (Lipinski definition) is 0. The van der Waals surface area contributed by atoms with Gasteiger partial charge in [0.05, 0.1) is 18.2 Å². The van der Waals surface area contributed by atoms with E-state index in [0.717, 1.165) is 69.7 Å². The summed E-state index contributed by atoms with van der Waals surface area (Å²) in [4.78, 5) is 15.7. The van der Waals surface area contributed by atoms with E-state index in [1.165, 1.54) is 12.1 Å². The monoisotopic (exact) mass is 468 g/mol. The number of methoxy groups -OCH3 is 1. The molecule has 5 rings (SSSR count). The Balaban J connectivity index is 1.51. The zero-order valence-electron chi connectivity index (χ0n) is 17.8. The molecule has 1 fully saturated rings. The molecular weight excluding hydrogens is 447 g/mol. The van der Waals surface area contributed by atoms with Gasteiger partial charge in [0.25, 0.3) is 0 Å². The van der Waals surface area contributed by atoms with Crippen LogP contribution in [0.3, 0.4) is 0 Å². The van der Waals surface area contributed by atoms with Crippen molar-refractivity contribution < 1.29 is 9.13 Å². The van der Waals surface area contributed by atoms with Crippen LogP contribution in [0, 0.1) is 12.7 Å². The molecule has 1 aliphatic heterocycles. The fourth-order valence-corrected chi connectivity index (χ4v) is 5.57. The number of ether oxygens (including phenoxy) is 1. The normalized spacial score (nSPS) is 14.2. The van der Waals surface area contributed by atoms with Crippen molar-refractivity contribution in [2.24, 2.45) is 0 Å². The maximum absolute atomic E-state index is 13.5. The minimum Gasteiger partial charge on any atom is -0.495 e. The van der Waals surface area contributed by atoms with Crippen molar-refractivity contribution in [3.05, 3.63) is 64.5 Å². The molecule has 0 N–H and O–H groups in total. The summed E-state index contributed by atoms with van der Waals surface area (Å²) in [6.07, 6.45) is 0. The molecule has 0 aliphatic carbocycles. The van der Waals surface area contributed by atoms with Crippen molar-refractivity contribution in [1.29, 1.82) is 0 Å². The van der Waals surface area contributed by atoms with E-state index in [4.69, 9.17) is 16.3 Å². The Kier molecular flexibility index (Phi) is 5.61. The Hall–Kier alpha value is -2.90. The average Bonchev–Trinajstić information content (AvgIpc) is 3.14. The van der Waals surface area contributed by atoms with Crippen LogP contribution >= 0.6 is 22.9 Å². The predicted octanol–water partition coefficient (Wildman–Crippen LogP) is 5.79. The van der Waals surface area contributed by atoms with Gasteiger partial charge < -0.3 is 14.5 Å². The second-order valence-electron chi connectivity index (χ2n) is 7.68. The van der Waals surface area contributed by atoms with Crippen molar-refractivity contribution in [2.45, 2.75) is 6.92 Å². The van der Waals surface area contributed by atoms with Crippen molar-refractivity contribution in [3.8, 4) is 16.9 Å². The highest BCUT2D eigenvalue weighted by Crippen LogP contribution is 2.42. The fourth-order valence-electron chi connectivity index (χ4n) is 4.31. The van der Waals surface area contributed by atoms with Gasteiger partial charge in [0.1, 0.15) is 22.2 Å². The van der Waals surface area contributed by atoms with Gasteiger partial charge in [0.2, 0.25) is 5.28 Å². The maximum Gasteiger partial charge on any atom is 0.225 e. The highest BCUT2D eigenvalue weighted by Gasteiger charge is 2.25. The SMILES string of the molecule is COc1ccccc1N1CCN(c2nc(Cl)nc3sc(C)c(-c4ccc(F)cc4)c23)CC1. The number of aryl methyl sites for hydroxylation is 1. The lowest BCUT2D eigenvalue weighted by atomic mass is 10.0. The van der Waals surface area contributed by atoms with E-state index in [1.807, 2.05) is 30.3 Å². The molecule has 3 heterocycles. The third-order valence-electron chi connectivity index (χ3n) is 5.82. The third-order valence-corrected chi connectivity index (χ3v) is 6.99. The van der Waals surface area contributed by atoms with Crippen LogP contribution in [0.2, 0.25) is 5.28 Å². The number of rotatable bonds is 4. The van der Waals surface area contributed by atoms with Crippen molar-refractivity contribution in [2.75, 3.05) is 43.1 Å². The topological polar surface area (TPSA) is 41.5 Å². The van der Waals surface area contributed by atoms with E-state index in [9.17, 15) is 4.39 Å². The summed E-state index contributed by atoms with van der Waals surface area (Å²) in [6, 6.07) is 14.7. The molecule has 0 atom stereocenters. The maximum atomic E-state index is 13.5. The Labute approximate surface area is 195 Å². The number of thiophene rings is 1. The van der Waals surface area contributed by atoms with E-state index < -0.39 is 0 Å². The van der Waals surface area contributed by atoms with Crippen LogP contribution in [-0.4, -0.2) is 43.3 Å². The number of fused-ring (bicyclic) bond motifs is 1. The molecule has 32 heavy (non-hydrogen) atoms. The van der Waals surface area contributed by atoms with Gasteiger partial charge in [-0.3, -0.25) is 0 Å². The molecule has 2 aromatic heterocycles. The number of nitrogens with zero attached hydrogens (tertiary/aromatic N) is 4. The Morgan fingerprint density at radius 2 is 1.66 bits per heavy atom. The standard InChI is InChI=1S/C24H22ClFN4OS/c1-15-20(16-7-9-17(26)10-8-16)21-22(27-24(25)28-23(21)32-15)30-13-11-29(12-14-30)18-5-3-4-6-19(18)31-2/h3-10H,11-14H2,1-2H3. The van der Waals surface area contributed by atoms with Gasteiger partial charge in [0, 0.05) is 36.6 Å². The van der Waals surface area contributed by atoms with Crippen molar-refractivity contribution >= 4 is 44.7 Å². The quantitative estimate of drug-likeness (QED) is 0.354. The van der Waals surface area contributed by atoms with Gasteiger partial charge in [-0.2, -0.15) is 4.98 Å². The lowest BCUT2D eigenvalue weighted by Gasteiger charge is -2.37. The van der Waals surface area contributed by atoms with E-state index in [2.05, 4.69) is 32.8 Å². The van der Waals surface area contributed by atoms with Crippen molar-refractivity contribution in [3.63, 3.8) is 0 Å². The largest absolute Gasteiger partial charge is 0.495 e.